The van der Waals surface area contributed by atoms with Crippen molar-refractivity contribution in [2.45, 2.75) is 20.8 Å². The third-order valence-corrected chi connectivity index (χ3v) is 5.58. The van der Waals surface area contributed by atoms with Crippen molar-refractivity contribution >= 4 is 50.7 Å². The van der Waals surface area contributed by atoms with Crippen LogP contribution in [0.3, 0.4) is 0 Å². The van der Waals surface area contributed by atoms with Gasteiger partial charge in [0.2, 0.25) is 0 Å². The molecule has 0 radical (unpaired) electrons. The lowest BCUT2D eigenvalue weighted by molar-refractivity contribution is 0.252. The molecule has 33 heavy (non-hydrogen) atoms. The highest BCUT2D eigenvalue weighted by molar-refractivity contribution is 9.10. The molecule has 2 amide bonds. The molecule has 0 fully saturated rings. The summed E-state index contributed by atoms with van der Waals surface area (Å²) in [6.07, 6.45) is 1.71. The minimum absolute atomic E-state index is 0.322. The van der Waals surface area contributed by atoms with E-state index in [1.54, 1.807) is 22.8 Å². The third-order valence-electron chi connectivity index (χ3n) is 4.69. The molecule has 172 valence electrons. The summed E-state index contributed by atoms with van der Waals surface area (Å²) in [5, 5.41) is 13.8. The Morgan fingerprint density at radius 3 is 2.58 bits per heavy atom. The second kappa shape index (κ2) is 11.7. The van der Waals surface area contributed by atoms with Gasteiger partial charge in [-0.3, -0.25) is 0 Å². The third kappa shape index (κ3) is 6.03. The topological polar surface area (TPSA) is 83.3 Å². The molecule has 0 unspecified atom stereocenters. The van der Waals surface area contributed by atoms with Crippen LogP contribution in [0.1, 0.15) is 19.4 Å². The Bertz CT molecular complexity index is 1240. The molecule has 4 aromatic rings. The first-order valence-corrected chi connectivity index (χ1v) is 11.8. The molecule has 0 aliphatic carbocycles. The van der Waals surface area contributed by atoms with Crippen LogP contribution in [0.5, 0.6) is 0 Å². The molecule has 4 rings (SSSR count). The monoisotopic (exact) mass is 528 g/mol. The Morgan fingerprint density at radius 2 is 1.82 bits per heavy atom. The van der Waals surface area contributed by atoms with Crippen molar-refractivity contribution in [1.29, 1.82) is 0 Å². The van der Waals surface area contributed by atoms with Gasteiger partial charge in [0.25, 0.3) is 0 Å². The van der Waals surface area contributed by atoms with Gasteiger partial charge in [-0.25, -0.2) is 9.78 Å². The molecule has 0 atom stereocenters. The van der Waals surface area contributed by atoms with Crippen molar-refractivity contribution in [2.75, 3.05) is 23.7 Å². The summed E-state index contributed by atoms with van der Waals surface area (Å²) in [5.41, 5.74) is 4.32. The smallest absolute Gasteiger partial charge is 0.319 e. The van der Waals surface area contributed by atoms with E-state index in [1.165, 1.54) is 0 Å². The lowest BCUT2D eigenvalue weighted by atomic mass is 10.1. The predicted molar refractivity (Wildman–Crippen MR) is 139 cm³/mol. The number of para-hydroxylation sites is 1. The summed E-state index contributed by atoms with van der Waals surface area (Å²) in [5.74, 6) is 0.780. The molecule has 0 aliphatic heterocycles. The van der Waals surface area contributed by atoms with Crippen LogP contribution >= 0.6 is 27.5 Å². The largest absolute Gasteiger partial charge is 0.368 e. The Kier molecular flexibility index (Phi) is 8.68. The van der Waals surface area contributed by atoms with Crippen molar-refractivity contribution in [2.24, 2.45) is 0 Å². The van der Waals surface area contributed by atoms with Gasteiger partial charge < -0.3 is 16.0 Å². The van der Waals surface area contributed by atoms with Gasteiger partial charge >= 0.3 is 6.03 Å². The number of hydrogen-bond acceptors (Lipinski definition) is 4. The number of carbonyl (C=O) groups excluding carboxylic acids is 1. The van der Waals surface area contributed by atoms with Gasteiger partial charge in [-0.2, -0.15) is 9.61 Å². The number of aromatic nitrogens is 3. The number of halogens is 2. The van der Waals surface area contributed by atoms with Crippen molar-refractivity contribution in [3.8, 4) is 11.3 Å². The standard InChI is InChI=1S/C22H20BrClN6O.C2H6/c1-14-6-2-3-7-15(14)19-12-20(30-21(28-19)16(23)13-27-30)25-10-11-26-22(31)29-18-9-5-4-8-17(18)24;1-2/h2-9,12-13,25H,10-11H2,1H3,(H2,26,29,31);1-2H3. The molecule has 0 spiro atoms. The molecule has 2 aromatic heterocycles. The van der Waals surface area contributed by atoms with Crippen molar-refractivity contribution in [3.05, 3.63) is 75.9 Å². The van der Waals surface area contributed by atoms with E-state index in [1.807, 2.05) is 50.2 Å². The van der Waals surface area contributed by atoms with Gasteiger partial charge in [0.1, 0.15) is 5.82 Å². The first kappa shape index (κ1) is 24.5. The fourth-order valence-electron chi connectivity index (χ4n) is 3.16. The highest BCUT2D eigenvalue weighted by Crippen LogP contribution is 2.27. The van der Waals surface area contributed by atoms with Crippen molar-refractivity contribution < 1.29 is 4.79 Å². The molecular weight excluding hydrogens is 504 g/mol. The zero-order valence-corrected chi connectivity index (χ0v) is 21.0. The van der Waals surface area contributed by atoms with Crippen LogP contribution in [0.25, 0.3) is 16.9 Å². The Hall–Kier alpha value is -3.10. The van der Waals surface area contributed by atoms with Crippen LogP contribution in [0.4, 0.5) is 16.3 Å². The van der Waals surface area contributed by atoms with Gasteiger partial charge in [-0.05, 0) is 40.5 Å². The summed E-state index contributed by atoms with van der Waals surface area (Å²) in [7, 11) is 0. The summed E-state index contributed by atoms with van der Waals surface area (Å²) in [6.45, 7) is 6.96. The molecule has 3 N–H and O–H groups in total. The SMILES string of the molecule is CC.Cc1ccccc1-c1cc(NCCNC(=O)Nc2ccccc2Cl)n2ncc(Br)c2n1. The molecule has 0 bridgehead atoms. The molecule has 9 heteroatoms. The molecule has 0 aliphatic rings. The molecule has 2 aromatic carbocycles. The number of anilines is 2. The van der Waals surface area contributed by atoms with E-state index in [9.17, 15) is 4.79 Å². The van der Waals surface area contributed by atoms with Gasteiger partial charge in [-0.1, -0.05) is 61.8 Å². The summed E-state index contributed by atoms with van der Waals surface area (Å²) < 4.78 is 2.54. The van der Waals surface area contributed by atoms with Gasteiger partial charge in [-0.15, -0.1) is 0 Å². The quantitative estimate of drug-likeness (QED) is 0.253. The van der Waals surface area contributed by atoms with Crippen LogP contribution in [-0.2, 0) is 0 Å². The van der Waals surface area contributed by atoms with Crippen molar-refractivity contribution in [3.63, 3.8) is 0 Å². The van der Waals surface area contributed by atoms with E-state index in [0.29, 0.717) is 29.4 Å². The average molecular weight is 530 g/mol. The number of nitrogens with one attached hydrogen (secondary N) is 3. The van der Waals surface area contributed by atoms with E-state index in [4.69, 9.17) is 16.6 Å². The highest BCUT2D eigenvalue weighted by Gasteiger charge is 2.12. The van der Waals surface area contributed by atoms with Gasteiger partial charge in [0.15, 0.2) is 5.65 Å². The zero-order chi connectivity index (χ0) is 23.8. The normalized spacial score (nSPS) is 10.3. The van der Waals surface area contributed by atoms with Crippen LogP contribution in [0.15, 0.2) is 65.3 Å². The number of aryl methyl sites for hydroxylation is 1. The van der Waals surface area contributed by atoms with Crippen LogP contribution in [0, 0.1) is 6.92 Å². The van der Waals surface area contributed by atoms with Gasteiger partial charge in [0, 0.05) is 24.7 Å². The van der Waals surface area contributed by atoms with Gasteiger partial charge in [0.05, 0.1) is 27.1 Å². The van der Waals surface area contributed by atoms with Crippen LogP contribution < -0.4 is 16.0 Å². The number of carbonyl (C=O) groups is 1. The van der Waals surface area contributed by atoms with E-state index < -0.39 is 0 Å². The number of benzene rings is 2. The first-order valence-electron chi connectivity index (χ1n) is 10.7. The molecule has 0 saturated carbocycles. The number of nitrogens with zero attached hydrogens (tertiary/aromatic N) is 3. The maximum Gasteiger partial charge on any atom is 0.319 e. The number of fused-ring (bicyclic) bond motifs is 1. The fourth-order valence-corrected chi connectivity index (χ4v) is 3.69. The maximum atomic E-state index is 12.1. The lowest BCUT2D eigenvalue weighted by Gasteiger charge is -2.13. The predicted octanol–water partition coefficient (Wildman–Crippen LogP) is 6.38. The summed E-state index contributed by atoms with van der Waals surface area (Å²) in [4.78, 5) is 16.9. The first-order chi connectivity index (χ1) is 16.0. The molecule has 0 saturated heterocycles. The number of urea groups is 1. The second-order valence-electron chi connectivity index (χ2n) is 6.86. The van der Waals surface area contributed by atoms with E-state index in [0.717, 1.165) is 27.1 Å². The second-order valence-corrected chi connectivity index (χ2v) is 8.12. The number of amides is 2. The van der Waals surface area contributed by atoms with E-state index in [2.05, 4.69) is 50.0 Å². The molecular formula is C24H26BrClN6O. The lowest BCUT2D eigenvalue weighted by Crippen LogP contribution is -2.33. The maximum absolute atomic E-state index is 12.1. The Balaban J connectivity index is 0.00000149. The van der Waals surface area contributed by atoms with E-state index >= 15 is 0 Å². The minimum atomic E-state index is -0.322. The minimum Gasteiger partial charge on any atom is -0.368 e. The average Bonchev–Trinajstić information content (AvgIpc) is 3.20. The Morgan fingerprint density at radius 1 is 1.09 bits per heavy atom. The number of rotatable bonds is 6. The molecule has 7 nitrogen and oxygen atoms in total. The molecule has 2 heterocycles. The highest BCUT2D eigenvalue weighted by atomic mass is 79.9. The fraction of sp³-hybridized carbons (Fsp3) is 0.208. The zero-order valence-electron chi connectivity index (χ0n) is 18.7. The summed E-state index contributed by atoms with van der Waals surface area (Å²) >= 11 is 9.58. The Labute approximate surface area is 206 Å². The van der Waals surface area contributed by atoms with Crippen molar-refractivity contribution in [1.82, 2.24) is 19.9 Å². The van der Waals surface area contributed by atoms with Crippen LogP contribution in [-0.4, -0.2) is 33.7 Å². The summed E-state index contributed by atoms with van der Waals surface area (Å²) in [6, 6.07) is 16.8. The van der Waals surface area contributed by atoms with Crippen LogP contribution in [0.2, 0.25) is 5.02 Å². The van der Waals surface area contributed by atoms with E-state index in [-0.39, 0.29) is 6.03 Å². The number of hydrogen-bond donors (Lipinski definition) is 3.